The second-order valence-electron chi connectivity index (χ2n) is 7.60. The Labute approximate surface area is 163 Å². The van der Waals surface area contributed by atoms with Crippen molar-refractivity contribution in [2.45, 2.75) is 13.3 Å². The van der Waals surface area contributed by atoms with E-state index < -0.39 is 0 Å². The highest BCUT2D eigenvalue weighted by atomic mass is 15.1. The van der Waals surface area contributed by atoms with E-state index in [1.165, 1.54) is 49.7 Å². The zero-order chi connectivity index (χ0) is 18.8. The van der Waals surface area contributed by atoms with Gasteiger partial charge < -0.3 is 4.57 Å². The highest BCUT2D eigenvalue weighted by Gasteiger charge is 2.30. The Hall–Kier alpha value is -3.46. The van der Waals surface area contributed by atoms with Gasteiger partial charge in [-0.3, -0.25) is 0 Å². The van der Waals surface area contributed by atoms with Gasteiger partial charge in [0.2, 0.25) is 11.2 Å². The first-order valence-corrected chi connectivity index (χ1v) is 9.69. The molecule has 0 saturated heterocycles. The van der Waals surface area contributed by atoms with Crippen molar-refractivity contribution >= 4 is 21.7 Å². The summed E-state index contributed by atoms with van der Waals surface area (Å²) in [7, 11) is 2.17. The van der Waals surface area contributed by atoms with Gasteiger partial charge >= 0.3 is 0 Å². The lowest BCUT2D eigenvalue weighted by atomic mass is 9.90. The number of aromatic nitrogens is 3. The largest absolute Gasteiger partial charge is 0.303 e. The molecule has 3 aromatic carbocycles. The van der Waals surface area contributed by atoms with E-state index >= 15 is 0 Å². The molecule has 0 unspecified atom stereocenters. The topological polar surface area (TPSA) is 21.7 Å². The number of pyridine rings is 1. The van der Waals surface area contributed by atoms with Crippen molar-refractivity contribution in [2.75, 3.05) is 0 Å². The maximum Gasteiger partial charge on any atom is 0.213 e. The van der Waals surface area contributed by atoms with Crippen molar-refractivity contribution in [3.63, 3.8) is 0 Å². The summed E-state index contributed by atoms with van der Waals surface area (Å²) >= 11 is 0. The molecule has 1 aliphatic heterocycles. The molecular weight excluding hydrogens is 342 g/mol. The van der Waals surface area contributed by atoms with Gasteiger partial charge in [0.15, 0.2) is 0 Å². The number of nitrogens with zero attached hydrogens (tertiary/aromatic N) is 3. The second kappa shape index (κ2) is 5.52. The van der Waals surface area contributed by atoms with Gasteiger partial charge in [0.05, 0.1) is 11.3 Å². The number of benzene rings is 3. The van der Waals surface area contributed by atoms with Crippen LogP contribution in [-0.2, 0) is 13.5 Å². The number of hydrogen-bond donors (Lipinski definition) is 0. The molecule has 6 rings (SSSR count). The monoisotopic (exact) mass is 362 g/mol. The summed E-state index contributed by atoms with van der Waals surface area (Å²) < 4.78 is 4.59. The highest BCUT2D eigenvalue weighted by molar-refractivity contribution is 6.00. The Morgan fingerprint density at radius 2 is 1.71 bits per heavy atom. The second-order valence-corrected chi connectivity index (χ2v) is 7.60. The molecule has 0 atom stereocenters. The van der Waals surface area contributed by atoms with E-state index in [9.17, 15) is 0 Å². The molecule has 0 saturated carbocycles. The molecule has 0 radical (unpaired) electrons. The Balaban J connectivity index is 1.77. The number of aryl methyl sites for hydroxylation is 2. The molecule has 0 aliphatic carbocycles. The fraction of sp³-hybridized carbons (Fsp3) is 0.120. The van der Waals surface area contributed by atoms with Crippen molar-refractivity contribution in [3.8, 4) is 16.9 Å². The van der Waals surface area contributed by atoms with E-state index in [1.54, 1.807) is 0 Å². The van der Waals surface area contributed by atoms with Crippen LogP contribution in [0.5, 0.6) is 0 Å². The molecule has 3 heterocycles. The van der Waals surface area contributed by atoms with Gasteiger partial charge in [0, 0.05) is 41.7 Å². The lowest BCUT2D eigenvalue weighted by Crippen LogP contribution is -2.32. The molecule has 2 aromatic heterocycles. The van der Waals surface area contributed by atoms with Gasteiger partial charge in [-0.2, -0.15) is 4.57 Å². The summed E-state index contributed by atoms with van der Waals surface area (Å²) in [5.74, 6) is 1.12. The summed E-state index contributed by atoms with van der Waals surface area (Å²) in [4.78, 5) is 4.61. The van der Waals surface area contributed by atoms with Crippen molar-refractivity contribution < 1.29 is 4.57 Å². The van der Waals surface area contributed by atoms with E-state index in [4.69, 9.17) is 0 Å². The van der Waals surface area contributed by atoms with Crippen molar-refractivity contribution in [1.29, 1.82) is 0 Å². The van der Waals surface area contributed by atoms with Crippen LogP contribution in [0.3, 0.4) is 0 Å². The molecule has 0 amide bonds. The van der Waals surface area contributed by atoms with E-state index in [1.807, 2.05) is 6.20 Å². The summed E-state index contributed by atoms with van der Waals surface area (Å²) in [6, 6.07) is 21.8. The van der Waals surface area contributed by atoms with Crippen molar-refractivity contribution in [3.05, 3.63) is 90.0 Å². The maximum atomic E-state index is 4.61. The summed E-state index contributed by atoms with van der Waals surface area (Å²) in [5.41, 5.74) is 7.85. The molecule has 1 aliphatic rings. The minimum Gasteiger partial charge on any atom is -0.303 e. The predicted octanol–water partition coefficient (Wildman–Crippen LogP) is 4.88. The molecule has 0 bridgehead atoms. The fourth-order valence-electron chi connectivity index (χ4n) is 4.87. The molecule has 0 spiro atoms. The van der Waals surface area contributed by atoms with Gasteiger partial charge in [0.1, 0.15) is 12.9 Å². The molecule has 0 N–H and O–H groups in total. The van der Waals surface area contributed by atoms with Crippen molar-refractivity contribution in [1.82, 2.24) is 9.55 Å². The average Bonchev–Trinajstić information content (AvgIpc) is 3.31. The molecule has 3 nitrogen and oxygen atoms in total. The van der Waals surface area contributed by atoms with Crippen LogP contribution in [0.25, 0.3) is 38.6 Å². The first kappa shape index (κ1) is 15.6. The van der Waals surface area contributed by atoms with Crippen LogP contribution in [0, 0.1) is 6.92 Å². The first-order chi connectivity index (χ1) is 13.7. The van der Waals surface area contributed by atoms with Crippen molar-refractivity contribution in [2.24, 2.45) is 7.05 Å². The quantitative estimate of drug-likeness (QED) is 0.382. The van der Waals surface area contributed by atoms with Gasteiger partial charge in [-0.1, -0.05) is 36.4 Å². The SMILES string of the molecule is Cc1c(-c2ccc3ccccc3[n+]2C)c2c(c3ccccc13)-n1ccnc1C2. The molecule has 28 heavy (non-hydrogen) atoms. The first-order valence-electron chi connectivity index (χ1n) is 9.69. The number of hydrogen-bond acceptors (Lipinski definition) is 1. The van der Waals surface area contributed by atoms with Gasteiger partial charge in [-0.15, -0.1) is 0 Å². The number of fused-ring (bicyclic) bond motifs is 6. The minimum atomic E-state index is 0.871. The van der Waals surface area contributed by atoms with Crippen LogP contribution in [0.15, 0.2) is 73.1 Å². The van der Waals surface area contributed by atoms with Gasteiger partial charge in [0.25, 0.3) is 0 Å². The Bertz CT molecular complexity index is 1410. The van der Waals surface area contributed by atoms with E-state index in [-0.39, 0.29) is 0 Å². The summed E-state index contributed by atoms with van der Waals surface area (Å²) in [6.45, 7) is 2.26. The molecular formula is C25H20N3+. The summed E-state index contributed by atoms with van der Waals surface area (Å²) in [6.07, 6.45) is 4.87. The van der Waals surface area contributed by atoms with Crippen LogP contribution >= 0.6 is 0 Å². The smallest absolute Gasteiger partial charge is 0.213 e. The Morgan fingerprint density at radius 3 is 2.61 bits per heavy atom. The van der Waals surface area contributed by atoms with Crippen LogP contribution in [-0.4, -0.2) is 9.55 Å². The van der Waals surface area contributed by atoms with Crippen LogP contribution in [0.4, 0.5) is 0 Å². The lowest BCUT2D eigenvalue weighted by molar-refractivity contribution is -0.633. The zero-order valence-corrected chi connectivity index (χ0v) is 16.0. The molecule has 5 aromatic rings. The van der Waals surface area contributed by atoms with E-state index in [0.29, 0.717) is 0 Å². The molecule has 134 valence electrons. The summed E-state index contributed by atoms with van der Waals surface area (Å²) in [5, 5.41) is 3.88. The van der Waals surface area contributed by atoms with Gasteiger partial charge in [-0.05, 0) is 35.6 Å². The lowest BCUT2D eigenvalue weighted by Gasteiger charge is -2.16. The van der Waals surface area contributed by atoms with E-state index in [2.05, 4.69) is 95.0 Å². The Kier molecular flexibility index (Phi) is 3.07. The van der Waals surface area contributed by atoms with Gasteiger partial charge in [-0.25, -0.2) is 4.98 Å². The molecule has 3 heteroatoms. The minimum absolute atomic E-state index is 0.871. The fourth-order valence-corrected chi connectivity index (χ4v) is 4.87. The van der Waals surface area contributed by atoms with Crippen LogP contribution in [0.2, 0.25) is 0 Å². The predicted molar refractivity (Wildman–Crippen MR) is 113 cm³/mol. The van der Waals surface area contributed by atoms with Crippen LogP contribution < -0.4 is 4.57 Å². The molecule has 0 fully saturated rings. The third-order valence-electron chi connectivity index (χ3n) is 6.18. The third-order valence-corrected chi connectivity index (χ3v) is 6.18. The number of rotatable bonds is 1. The maximum absolute atomic E-state index is 4.61. The average molecular weight is 362 g/mol. The number of para-hydroxylation sites is 1. The normalized spacial score (nSPS) is 12.5. The van der Waals surface area contributed by atoms with E-state index in [0.717, 1.165) is 12.2 Å². The van der Waals surface area contributed by atoms with Crippen LogP contribution in [0.1, 0.15) is 17.0 Å². The third kappa shape index (κ3) is 1.93. The standard InChI is InChI=1S/C25H20N3/c1-16-18-8-4-5-9-19(18)25-20(15-23-26-13-14-28(23)25)24(16)22-12-11-17-7-3-6-10-21(17)27(22)2/h3-14H,15H2,1-2H3/q+1. The zero-order valence-electron chi connectivity index (χ0n) is 16.0. The Morgan fingerprint density at radius 1 is 0.929 bits per heavy atom. The highest BCUT2D eigenvalue weighted by Crippen LogP contribution is 2.42. The number of imidazole rings is 1.